The summed E-state index contributed by atoms with van der Waals surface area (Å²) in [6, 6.07) is 15.9. The van der Waals surface area contributed by atoms with E-state index in [1.807, 2.05) is 48.7 Å². The third-order valence-corrected chi connectivity index (χ3v) is 4.67. The van der Waals surface area contributed by atoms with Crippen LogP contribution in [-0.2, 0) is 0 Å². The predicted octanol–water partition coefficient (Wildman–Crippen LogP) is 3.52. The maximum atomic E-state index is 6.50. The number of rotatable bonds is 3. The van der Waals surface area contributed by atoms with Gasteiger partial charge in [-0.05, 0) is 18.2 Å². The summed E-state index contributed by atoms with van der Waals surface area (Å²) >= 11 is 6.50. The van der Waals surface area contributed by atoms with Crippen LogP contribution in [-0.4, -0.2) is 41.4 Å². The zero-order valence-electron chi connectivity index (χ0n) is 13.7. The molecule has 1 fully saturated rings. The van der Waals surface area contributed by atoms with Crippen molar-refractivity contribution in [3.8, 4) is 11.3 Å². The number of halogens is 1. The van der Waals surface area contributed by atoms with E-state index < -0.39 is 0 Å². The summed E-state index contributed by atoms with van der Waals surface area (Å²) in [4.78, 5) is 8.70. The van der Waals surface area contributed by atoms with Gasteiger partial charge in [0, 0.05) is 37.9 Å². The largest absolute Gasteiger partial charge is 0.367 e. The van der Waals surface area contributed by atoms with E-state index in [-0.39, 0.29) is 0 Å². The summed E-state index contributed by atoms with van der Waals surface area (Å²) in [5.41, 5.74) is 2.96. The standard InChI is InChI=1S/C19H18ClN5/c20-17-13-18(15-5-2-1-3-6-15)22-23-19(17)25-11-9-24(10-12-25)16-7-4-8-21-14-16/h1-8,13-14H,9-12H2. The van der Waals surface area contributed by atoms with Crippen LogP contribution in [0.25, 0.3) is 11.3 Å². The molecule has 6 heteroatoms. The van der Waals surface area contributed by atoms with Crippen LogP contribution < -0.4 is 9.80 Å². The lowest BCUT2D eigenvalue weighted by atomic mass is 10.1. The van der Waals surface area contributed by atoms with Crippen molar-refractivity contribution in [2.24, 2.45) is 0 Å². The number of anilines is 2. The highest BCUT2D eigenvalue weighted by Gasteiger charge is 2.21. The van der Waals surface area contributed by atoms with Crippen molar-refractivity contribution in [1.29, 1.82) is 0 Å². The lowest BCUT2D eigenvalue weighted by molar-refractivity contribution is 0.643. The lowest BCUT2D eigenvalue weighted by Gasteiger charge is -2.36. The van der Waals surface area contributed by atoms with Crippen LogP contribution in [0.1, 0.15) is 0 Å². The molecule has 2 aromatic heterocycles. The molecule has 4 rings (SSSR count). The van der Waals surface area contributed by atoms with Crippen molar-refractivity contribution in [2.75, 3.05) is 36.0 Å². The molecule has 0 aliphatic carbocycles. The number of aromatic nitrogens is 3. The van der Waals surface area contributed by atoms with Gasteiger partial charge in [0.05, 0.1) is 22.6 Å². The molecule has 126 valence electrons. The van der Waals surface area contributed by atoms with Gasteiger partial charge in [0.2, 0.25) is 0 Å². The Balaban J connectivity index is 1.48. The Kier molecular flexibility index (Phi) is 4.48. The van der Waals surface area contributed by atoms with Gasteiger partial charge < -0.3 is 9.80 Å². The minimum atomic E-state index is 0.642. The molecule has 0 spiro atoms. The summed E-state index contributed by atoms with van der Waals surface area (Å²) in [6.07, 6.45) is 3.69. The average molecular weight is 352 g/mol. The highest BCUT2D eigenvalue weighted by Crippen LogP contribution is 2.28. The first-order valence-electron chi connectivity index (χ1n) is 8.30. The SMILES string of the molecule is Clc1cc(-c2ccccc2)nnc1N1CCN(c2cccnc2)CC1. The van der Waals surface area contributed by atoms with E-state index in [9.17, 15) is 0 Å². The highest BCUT2D eigenvalue weighted by atomic mass is 35.5. The zero-order valence-corrected chi connectivity index (χ0v) is 14.5. The molecule has 0 amide bonds. The van der Waals surface area contributed by atoms with Gasteiger partial charge in [0.15, 0.2) is 5.82 Å². The van der Waals surface area contributed by atoms with Gasteiger partial charge in [0.1, 0.15) is 0 Å². The Labute approximate surface area is 151 Å². The van der Waals surface area contributed by atoms with Crippen molar-refractivity contribution < 1.29 is 0 Å². The van der Waals surface area contributed by atoms with Crippen LogP contribution in [0.5, 0.6) is 0 Å². The smallest absolute Gasteiger partial charge is 0.170 e. The number of benzene rings is 1. The minimum absolute atomic E-state index is 0.642. The molecule has 0 radical (unpaired) electrons. The first-order valence-corrected chi connectivity index (χ1v) is 8.67. The van der Waals surface area contributed by atoms with Crippen molar-refractivity contribution in [3.05, 3.63) is 65.9 Å². The molecule has 0 bridgehead atoms. The van der Waals surface area contributed by atoms with Crippen molar-refractivity contribution in [2.45, 2.75) is 0 Å². The molecule has 0 atom stereocenters. The number of pyridine rings is 1. The van der Waals surface area contributed by atoms with E-state index >= 15 is 0 Å². The van der Waals surface area contributed by atoms with Crippen LogP contribution in [0.15, 0.2) is 60.9 Å². The van der Waals surface area contributed by atoms with E-state index in [1.165, 1.54) is 0 Å². The fraction of sp³-hybridized carbons (Fsp3) is 0.211. The molecule has 5 nitrogen and oxygen atoms in total. The van der Waals surface area contributed by atoms with Crippen LogP contribution in [0.4, 0.5) is 11.5 Å². The second-order valence-corrected chi connectivity index (χ2v) is 6.36. The van der Waals surface area contributed by atoms with Crippen molar-refractivity contribution >= 4 is 23.1 Å². The Morgan fingerprint density at radius 1 is 0.840 bits per heavy atom. The number of nitrogens with zero attached hydrogens (tertiary/aromatic N) is 5. The molecule has 1 saturated heterocycles. The maximum absolute atomic E-state index is 6.50. The maximum Gasteiger partial charge on any atom is 0.170 e. The molecule has 1 aromatic carbocycles. The van der Waals surface area contributed by atoms with E-state index in [4.69, 9.17) is 11.6 Å². The number of piperazine rings is 1. The average Bonchev–Trinajstić information content (AvgIpc) is 2.69. The quantitative estimate of drug-likeness (QED) is 0.722. The Bertz CT molecular complexity index is 833. The van der Waals surface area contributed by atoms with Crippen LogP contribution in [0.2, 0.25) is 5.02 Å². The second kappa shape index (κ2) is 7.07. The summed E-state index contributed by atoms with van der Waals surface area (Å²) < 4.78 is 0. The second-order valence-electron chi connectivity index (χ2n) is 5.95. The van der Waals surface area contributed by atoms with Gasteiger partial charge in [-0.3, -0.25) is 4.98 Å². The summed E-state index contributed by atoms with van der Waals surface area (Å²) in [6.45, 7) is 3.52. The lowest BCUT2D eigenvalue weighted by Crippen LogP contribution is -2.47. The monoisotopic (exact) mass is 351 g/mol. The molecular formula is C19H18ClN5. The first kappa shape index (κ1) is 15.8. The van der Waals surface area contributed by atoms with Crippen LogP contribution in [0.3, 0.4) is 0 Å². The molecule has 3 aromatic rings. The normalized spacial score (nSPS) is 14.6. The summed E-state index contributed by atoms with van der Waals surface area (Å²) in [5, 5.41) is 9.39. The Morgan fingerprint density at radius 3 is 2.28 bits per heavy atom. The Morgan fingerprint density at radius 2 is 1.60 bits per heavy atom. The zero-order chi connectivity index (χ0) is 17.1. The third kappa shape index (κ3) is 3.42. The molecule has 1 aliphatic rings. The fourth-order valence-corrected chi connectivity index (χ4v) is 3.30. The van der Waals surface area contributed by atoms with E-state index in [2.05, 4.69) is 31.0 Å². The van der Waals surface area contributed by atoms with Crippen LogP contribution >= 0.6 is 11.6 Å². The molecule has 25 heavy (non-hydrogen) atoms. The molecule has 0 saturated carbocycles. The molecule has 1 aliphatic heterocycles. The van der Waals surface area contributed by atoms with Gasteiger partial charge in [-0.1, -0.05) is 41.9 Å². The minimum Gasteiger partial charge on any atom is -0.367 e. The van der Waals surface area contributed by atoms with Crippen molar-refractivity contribution in [1.82, 2.24) is 15.2 Å². The highest BCUT2D eigenvalue weighted by molar-refractivity contribution is 6.33. The molecule has 0 unspecified atom stereocenters. The van der Waals surface area contributed by atoms with Gasteiger partial charge in [-0.2, -0.15) is 0 Å². The molecule has 0 N–H and O–H groups in total. The van der Waals surface area contributed by atoms with E-state index in [1.54, 1.807) is 6.20 Å². The van der Waals surface area contributed by atoms with Gasteiger partial charge in [0.25, 0.3) is 0 Å². The number of hydrogen-bond donors (Lipinski definition) is 0. The molecular weight excluding hydrogens is 334 g/mol. The van der Waals surface area contributed by atoms with Crippen molar-refractivity contribution in [3.63, 3.8) is 0 Å². The molecule has 3 heterocycles. The van der Waals surface area contributed by atoms with Gasteiger partial charge in [-0.15, -0.1) is 10.2 Å². The topological polar surface area (TPSA) is 45.2 Å². The fourth-order valence-electron chi connectivity index (χ4n) is 3.04. The van der Waals surface area contributed by atoms with Gasteiger partial charge >= 0.3 is 0 Å². The van der Waals surface area contributed by atoms with E-state index in [0.29, 0.717) is 5.02 Å². The first-order chi connectivity index (χ1) is 12.3. The van der Waals surface area contributed by atoms with Crippen LogP contribution in [0, 0.1) is 0 Å². The van der Waals surface area contributed by atoms with Gasteiger partial charge in [-0.25, -0.2) is 0 Å². The summed E-state index contributed by atoms with van der Waals surface area (Å²) in [7, 11) is 0. The number of hydrogen-bond acceptors (Lipinski definition) is 5. The Hall–Kier alpha value is -2.66. The predicted molar refractivity (Wildman–Crippen MR) is 101 cm³/mol. The summed E-state index contributed by atoms with van der Waals surface area (Å²) in [5.74, 6) is 0.757. The van der Waals surface area contributed by atoms with E-state index in [0.717, 1.165) is 48.9 Å². The third-order valence-electron chi connectivity index (χ3n) is 4.39.